The zero-order valence-corrected chi connectivity index (χ0v) is 9.48. The van der Waals surface area contributed by atoms with E-state index in [2.05, 4.69) is 5.32 Å². The first-order valence-electron chi connectivity index (χ1n) is 5.77. The van der Waals surface area contributed by atoms with Gasteiger partial charge in [0.2, 0.25) is 0 Å². The molecule has 1 fully saturated rings. The summed E-state index contributed by atoms with van der Waals surface area (Å²) in [5, 5.41) is 10.9. The Morgan fingerprint density at radius 2 is 1.76 bits per heavy atom. The van der Waals surface area contributed by atoms with Crippen LogP contribution < -0.4 is 5.32 Å². The second-order valence-corrected chi connectivity index (χ2v) is 4.37. The number of carbonyl (C=O) groups is 2. The van der Waals surface area contributed by atoms with Crippen molar-refractivity contribution < 1.29 is 14.7 Å². The van der Waals surface area contributed by atoms with E-state index < -0.39 is 6.09 Å². The molecule has 0 heterocycles. The molecule has 1 saturated carbocycles. The first-order valence-corrected chi connectivity index (χ1v) is 5.77. The third kappa shape index (κ3) is 3.06. The molecule has 1 aliphatic carbocycles. The van der Waals surface area contributed by atoms with Crippen molar-refractivity contribution in [3.05, 3.63) is 29.8 Å². The van der Waals surface area contributed by atoms with Crippen molar-refractivity contribution in [3.63, 3.8) is 0 Å². The molecule has 2 N–H and O–H groups in total. The molecular formula is C13H15NO3. The Hall–Kier alpha value is -1.84. The van der Waals surface area contributed by atoms with E-state index in [0.717, 1.165) is 12.8 Å². The highest BCUT2D eigenvalue weighted by Gasteiger charge is 2.19. The van der Waals surface area contributed by atoms with Crippen molar-refractivity contribution in [2.24, 2.45) is 0 Å². The van der Waals surface area contributed by atoms with Crippen LogP contribution in [-0.2, 0) is 4.79 Å². The highest BCUT2D eigenvalue weighted by Crippen LogP contribution is 2.31. The number of amides is 1. The number of hydrogen-bond donors (Lipinski definition) is 2. The minimum absolute atomic E-state index is 0.352. The molecule has 0 aromatic heterocycles. The average molecular weight is 233 g/mol. The lowest BCUT2D eigenvalue weighted by atomic mass is 9.83. The van der Waals surface area contributed by atoms with Crippen LogP contribution in [0.5, 0.6) is 0 Å². The molecule has 0 spiro atoms. The molecule has 2 rings (SSSR count). The van der Waals surface area contributed by atoms with E-state index in [1.165, 1.54) is 5.56 Å². The van der Waals surface area contributed by atoms with Gasteiger partial charge in [-0.25, -0.2) is 4.79 Å². The number of ketones is 1. The Morgan fingerprint density at radius 1 is 1.18 bits per heavy atom. The maximum atomic E-state index is 11.1. The van der Waals surface area contributed by atoms with Crippen LogP contribution in [0.25, 0.3) is 0 Å². The number of nitrogens with one attached hydrogen (secondary N) is 1. The molecule has 0 saturated heterocycles. The van der Waals surface area contributed by atoms with Gasteiger partial charge in [0.25, 0.3) is 0 Å². The second kappa shape index (κ2) is 4.99. The third-order valence-corrected chi connectivity index (χ3v) is 3.18. The van der Waals surface area contributed by atoms with E-state index in [0.29, 0.717) is 30.2 Å². The van der Waals surface area contributed by atoms with Crippen LogP contribution >= 0.6 is 0 Å². The zero-order valence-electron chi connectivity index (χ0n) is 9.48. The molecule has 1 amide bonds. The first-order chi connectivity index (χ1) is 8.15. The Balaban J connectivity index is 2.02. The van der Waals surface area contributed by atoms with E-state index in [-0.39, 0.29) is 0 Å². The van der Waals surface area contributed by atoms with Gasteiger partial charge in [0.15, 0.2) is 0 Å². The molecule has 1 aromatic carbocycles. The Kier molecular flexibility index (Phi) is 3.42. The Morgan fingerprint density at radius 3 is 2.29 bits per heavy atom. The van der Waals surface area contributed by atoms with Crippen molar-refractivity contribution in [3.8, 4) is 0 Å². The Bertz CT molecular complexity index is 415. The quantitative estimate of drug-likeness (QED) is 0.825. The van der Waals surface area contributed by atoms with Crippen LogP contribution in [0.1, 0.15) is 37.2 Å². The number of Topliss-reactive ketones (excluding diaryl/α,β-unsaturated/α-hetero) is 1. The van der Waals surface area contributed by atoms with Crippen molar-refractivity contribution in [1.29, 1.82) is 0 Å². The predicted molar refractivity (Wildman–Crippen MR) is 64.3 cm³/mol. The number of carbonyl (C=O) groups excluding carboxylic acids is 1. The van der Waals surface area contributed by atoms with E-state index in [4.69, 9.17) is 5.11 Å². The third-order valence-electron chi connectivity index (χ3n) is 3.18. The van der Waals surface area contributed by atoms with Gasteiger partial charge < -0.3 is 5.11 Å². The lowest BCUT2D eigenvalue weighted by Gasteiger charge is -2.21. The fourth-order valence-electron chi connectivity index (χ4n) is 2.24. The zero-order chi connectivity index (χ0) is 12.3. The molecule has 4 nitrogen and oxygen atoms in total. The fraction of sp³-hybridized carbons (Fsp3) is 0.385. The fourth-order valence-corrected chi connectivity index (χ4v) is 2.24. The van der Waals surface area contributed by atoms with Gasteiger partial charge in [-0.15, -0.1) is 0 Å². The van der Waals surface area contributed by atoms with Gasteiger partial charge >= 0.3 is 6.09 Å². The highest BCUT2D eigenvalue weighted by atomic mass is 16.4. The lowest BCUT2D eigenvalue weighted by molar-refractivity contribution is -0.120. The minimum atomic E-state index is -1.05. The predicted octanol–water partition coefficient (Wildman–Crippen LogP) is 3.00. The molecule has 4 heteroatoms. The molecule has 90 valence electrons. The molecule has 0 atom stereocenters. The highest BCUT2D eigenvalue weighted by molar-refractivity contribution is 5.82. The van der Waals surface area contributed by atoms with Crippen LogP contribution in [0.2, 0.25) is 0 Å². The summed E-state index contributed by atoms with van der Waals surface area (Å²) in [4.78, 5) is 21.6. The molecular weight excluding hydrogens is 218 g/mol. The van der Waals surface area contributed by atoms with Gasteiger partial charge in [-0.05, 0) is 36.5 Å². The molecule has 1 aromatic rings. The first kappa shape index (κ1) is 11.6. The van der Waals surface area contributed by atoms with Crippen molar-refractivity contribution >= 4 is 17.6 Å². The number of rotatable bonds is 2. The van der Waals surface area contributed by atoms with Gasteiger partial charge in [0.05, 0.1) is 0 Å². The van der Waals surface area contributed by atoms with Crippen molar-refractivity contribution in [2.75, 3.05) is 5.32 Å². The summed E-state index contributed by atoms with van der Waals surface area (Å²) >= 11 is 0. The van der Waals surface area contributed by atoms with Crippen LogP contribution in [0.3, 0.4) is 0 Å². The maximum Gasteiger partial charge on any atom is 0.409 e. The standard InChI is InChI=1S/C13H15NO3/c15-12-7-3-10(4-8-12)9-1-5-11(6-2-9)14-13(16)17/h1-2,5-6,10,14H,3-4,7-8H2,(H,16,17). The van der Waals surface area contributed by atoms with Gasteiger partial charge in [-0.2, -0.15) is 0 Å². The summed E-state index contributed by atoms with van der Waals surface area (Å²) in [5.41, 5.74) is 1.77. The van der Waals surface area contributed by atoms with Crippen LogP contribution in [0.15, 0.2) is 24.3 Å². The van der Waals surface area contributed by atoms with Crippen LogP contribution in [-0.4, -0.2) is 17.0 Å². The summed E-state index contributed by atoms with van der Waals surface area (Å²) in [6, 6.07) is 7.40. The average Bonchev–Trinajstić information content (AvgIpc) is 2.30. The largest absolute Gasteiger partial charge is 0.465 e. The topological polar surface area (TPSA) is 66.4 Å². The van der Waals surface area contributed by atoms with Crippen molar-refractivity contribution in [1.82, 2.24) is 0 Å². The number of anilines is 1. The monoisotopic (exact) mass is 233 g/mol. The van der Waals surface area contributed by atoms with E-state index >= 15 is 0 Å². The summed E-state index contributed by atoms with van der Waals surface area (Å²) in [6.45, 7) is 0. The minimum Gasteiger partial charge on any atom is -0.465 e. The lowest BCUT2D eigenvalue weighted by Crippen LogP contribution is -2.12. The number of hydrogen-bond acceptors (Lipinski definition) is 2. The van der Waals surface area contributed by atoms with Crippen LogP contribution in [0, 0.1) is 0 Å². The van der Waals surface area contributed by atoms with Gasteiger partial charge in [-0.1, -0.05) is 12.1 Å². The van der Waals surface area contributed by atoms with E-state index in [1.807, 2.05) is 12.1 Å². The molecule has 0 unspecified atom stereocenters. The summed E-state index contributed by atoms with van der Waals surface area (Å²) in [7, 11) is 0. The second-order valence-electron chi connectivity index (χ2n) is 4.37. The Labute approximate surface area is 99.6 Å². The normalized spacial score (nSPS) is 16.8. The smallest absolute Gasteiger partial charge is 0.409 e. The molecule has 0 aliphatic heterocycles. The number of benzene rings is 1. The summed E-state index contributed by atoms with van der Waals surface area (Å²) in [6.07, 6.45) is 2.09. The van der Waals surface area contributed by atoms with Crippen molar-refractivity contribution in [2.45, 2.75) is 31.6 Å². The van der Waals surface area contributed by atoms with E-state index in [9.17, 15) is 9.59 Å². The molecule has 1 aliphatic rings. The number of carboxylic acid groups (broad SMARTS) is 1. The van der Waals surface area contributed by atoms with Crippen LogP contribution in [0.4, 0.5) is 10.5 Å². The van der Waals surface area contributed by atoms with Gasteiger partial charge in [0.1, 0.15) is 5.78 Å². The summed E-state index contributed by atoms with van der Waals surface area (Å²) < 4.78 is 0. The van der Waals surface area contributed by atoms with Gasteiger partial charge in [-0.3, -0.25) is 10.1 Å². The summed E-state index contributed by atoms with van der Waals surface area (Å²) in [5.74, 6) is 0.789. The SMILES string of the molecule is O=C1CCC(c2ccc(NC(=O)O)cc2)CC1. The van der Waals surface area contributed by atoms with E-state index in [1.54, 1.807) is 12.1 Å². The maximum absolute atomic E-state index is 11.1. The molecule has 17 heavy (non-hydrogen) atoms. The van der Waals surface area contributed by atoms with Gasteiger partial charge in [0, 0.05) is 18.5 Å². The molecule has 0 bridgehead atoms. The molecule has 0 radical (unpaired) electrons.